The Hall–Kier alpha value is -2.82. The molecular formula is C20H12Cl2F4N2O3S. The maximum atomic E-state index is 14.4. The molecule has 5 nitrogen and oxygen atoms in total. The van der Waals surface area contributed by atoms with Crippen LogP contribution in [0, 0.1) is 5.82 Å². The molecule has 0 aliphatic rings. The molecule has 0 atom stereocenters. The summed E-state index contributed by atoms with van der Waals surface area (Å²) in [5.74, 6) is -1.75. The molecule has 0 saturated heterocycles. The zero-order valence-electron chi connectivity index (χ0n) is 15.7. The fourth-order valence-corrected chi connectivity index (χ4v) is 4.08. The first kappa shape index (κ1) is 23.8. The summed E-state index contributed by atoms with van der Waals surface area (Å²) in [6.45, 7) is 0. The third-order valence-electron chi connectivity index (χ3n) is 4.11. The maximum Gasteiger partial charge on any atom is 0.417 e. The van der Waals surface area contributed by atoms with Crippen LogP contribution in [-0.4, -0.2) is 14.3 Å². The van der Waals surface area contributed by atoms with E-state index in [1.165, 1.54) is 18.2 Å². The lowest BCUT2D eigenvalue weighted by molar-refractivity contribution is -0.137. The van der Waals surface area contributed by atoms with Crippen LogP contribution in [0.4, 0.5) is 28.9 Å². The number of anilines is 2. The van der Waals surface area contributed by atoms with E-state index in [-0.39, 0.29) is 11.3 Å². The number of nitrogens with one attached hydrogen (secondary N) is 2. The minimum atomic E-state index is -4.80. The van der Waals surface area contributed by atoms with Gasteiger partial charge in [-0.2, -0.15) is 13.2 Å². The number of benzene rings is 3. The van der Waals surface area contributed by atoms with E-state index < -0.39 is 49.1 Å². The van der Waals surface area contributed by atoms with Crippen molar-refractivity contribution in [1.82, 2.24) is 0 Å². The van der Waals surface area contributed by atoms with Gasteiger partial charge in [0.1, 0.15) is 5.82 Å². The molecule has 3 rings (SSSR count). The highest BCUT2D eigenvalue weighted by molar-refractivity contribution is 7.92. The van der Waals surface area contributed by atoms with Crippen molar-refractivity contribution < 1.29 is 30.8 Å². The predicted octanol–water partition coefficient (Wildman–Crippen LogP) is 6.20. The van der Waals surface area contributed by atoms with Crippen LogP contribution in [-0.2, 0) is 16.2 Å². The largest absolute Gasteiger partial charge is 0.417 e. The lowest BCUT2D eigenvalue weighted by Crippen LogP contribution is -2.16. The Morgan fingerprint density at radius 1 is 0.938 bits per heavy atom. The molecule has 0 saturated carbocycles. The summed E-state index contributed by atoms with van der Waals surface area (Å²) >= 11 is 11.3. The molecule has 3 aromatic carbocycles. The molecule has 0 heterocycles. The molecular weight excluding hydrogens is 495 g/mol. The van der Waals surface area contributed by atoms with Gasteiger partial charge < -0.3 is 5.32 Å². The summed E-state index contributed by atoms with van der Waals surface area (Å²) in [6.07, 6.45) is -4.80. The van der Waals surface area contributed by atoms with Gasteiger partial charge in [-0.15, -0.1) is 0 Å². The summed E-state index contributed by atoms with van der Waals surface area (Å²) in [6, 6.07) is 10.9. The quantitative estimate of drug-likeness (QED) is 0.404. The van der Waals surface area contributed by atoms with E-state index in [9.17, 15) is 30.8 Å². The molecule has 0 bridgehead atoms. The Balaban J connectivity index is 1.83. The van der Waals surface area contributed by atoms with E-state index in [0.717, 1.165) is 24.3 Å². The molecule has 0 radical (unpaired) electrons. The summed E-state index contributed by atoms with van der Waals surface area (Å²) < 4.78 is 80.3. The van der Waals surface area contributed by atoms with Crippen LogP contribution in [0.3, 0.4) is 0 Å². The summed E-state index contributed by atoms with van der Waals surface area (Å²) in [4.78, 5) is 11.6. The van der Waals surface area contributed by atoms with Crippen molar-refractivity contribution in [2.45, 2.75) is 11.1 Å². The smallest absolute Gasteiger partial charge is 0.319 e. The van der Waals surface area contributed by atoms with Gasteiger partial charge in [-0.25, -0.2) is 12.8 Å². The van der Waals surface area contributed by atoms with Gasteiger partial charge in [0, 0.05) is 16.3 Å². The fraction of sp³-hybridized carbons (Fsp3) is 0.0500. The van der Waals surface area contributed by atoms with Crippen molar-refractivity contribution in [2.75, 3.05) is 10.0 Å². The van der Waals surface area contributed by atoms with Gasteiger partial charge in [0.25, 0.3) is 15.9 Å². The molecule has 12 heteroatoms. The normalized spacial score (nSPS) is 11.8. The summed E-state index contributed by atoms with van der Waals surface area (Å²) in [7, 11) is -4.44. The zero-order valence-corrected chi connectivity index (χ0v) is 18.0. The number of rotatable bonds is 5. The number of carbonyl (C=O) groups excluding carboxylic acids is 1. The van der Waals surface area contributed by atoms with Crippen molar-refractivity contribution in [3.05, 3.63) is 87.7 Å². The predicted molar refractivity (Wildman–Crippen MR) is 113 cm³/mol. The average Bonchev–Trinajstić information content (AvgIpc) is 2.69. The third kappa shape index (κ3) is 5.50. The Labute approximate surface area is 190 Å². The van der Waals surface area contributed by atoms with Gasteiger partial charge in [0.2, 0.25) is 0 Å². The van der Waals surface area contributed by atoms with Crippen molar-refractivity contribution in [1.29, 1.82) is 0 Å². The number of sulfonamides is 1. The lowest BCUT2D eigenvalue weighted by atomic mass is 10.2. The average molecular weight is 507 g/mol. The number of halogens is 6. The van der Waals surface area contributed by atoms with E-state index in [1.807, 2.05) is 4.72 Å². The molecule has 0 fully saturated rings. The molecule has 0 spiro atoms. The molecule has 0 aliphatic carbocycles. The lowest BCUT2D eigenvalue weighted by Gasteiger charge is -2.13. The van der Waals surface area contributed by atoms with Gasteiger partial charge in [0.15, 0.2) is 0 Å². The molecule has 0 unspecified atom stereocenters. The van der Waals surface area contributed by atoms with Crippen molar-refractivity contribution >= 4 is 50.5 Å². The van der Waals surface area contributed by atoms with E-state index in [1.54, 1.807) is 6.07 Å². The topological polar surface area (TPSA) is 75.3 Å². The van der Waals surface area contributed by atoms with Crippen LogP contribution in [0.15, 0.2) is 65.6 Å². The second-order valence-corrected chi connectivity index (χ2v) is 8.93. The number of amides is 1. The highest BCUT2D eigenvalue weighted by Gasteiger charge is 2.33. The monoisotopic (exact) mass is 506 g/mol. The molecule has 3 aromatic rings. The zero-order chi connectivity index (χ0) is 23.7. The highest BCUT2D eigenvalue weighted by Crippen LogP contribution is 2.36. The fourth-order valence-electron chi connectivity index (χ4n) is 2.61. The van der Waals surface area contributed by atoms with Crippen molar-refractivity contribution in [2.24, 2.45) is 0 Å². The standard InChI is InChI=1S/C20H12Cl2F4N2O3S/c21-12-3-1-2-11(8-12)19(29)27-18-7-5-14(10-17(18)23)32(30,31)28-13-4-6-16(22)15(9-13)20(24,25)26/h1-10,28H,(H,27,29). The van der Waals surface area contributed by atoms with E-state index in [0.29, 0.717) is 17.2 Å². The molecule has 0 aliphatic heterocycles. The SMILES string of the molecule is O=C(Nc1ccc(S(=O)(=O)Nc2ccc(Cl)c(C(F)(F)F)c2)cc1F)c1cccc(Cl)c1. The van der Waals surface area contributed by atoms with Crippen LogP contribution in [0.1, 0.15) is 15.9 Å². The Kier molecular flexibility index (Phi) is 6.68. The van der Waals surface area contributed by atoms with E-state index >= 15 is 0 Å². The number of hydrogen-bond donors (Lipinski definition) is 2. The minimum Gasteiger partial charge on any atom is -0.319 e. The van der Waals surface area contributed by atoms with Gasteiger partial charge in [-0.05, 0) is 54.6 Å². The Bertz CT molecular complexity index is 1300. The first-order valence-electron chi connectivity index (χ1n) is 8.63. The van der Waals surface area contributed by atoms with Crippen LogP contribution in [0.2, 0.25) is 10.0 Å². The molecule has 1 amide bonds. The van der Waals surface area contributed by atoms with Gasteiger partial charge in [0.05, 0.1) is 21.2 Å². The first-order chi connectivity index (χ1) is 14.9. The molecule has 0 aromatic heterocycles. The van der Waals surface area contributed by atoms with Crippen molar-refractivity contribution in [3.63, 3.8) is 0 Å². The van der Waals surface area contributed by atoms with E-state index in [2.05, 4.69) is 5.32 Å². The van der Waals surface area contributed by atoms with Gasteiger partial charge in [-0.1, -0.05) is 29.3 Å². The van der Waals surface area contributed by atoms with Crippen LogP contribution in [0.5, 0.6) is 0 Å². The van der Waals surface area contributed by atoms with Gasteiger partial charge in [-0.3, -0.25) is 9.52 Å². The maximum absolute atomic E-state index is 14.4. The van der Waals surface area contributed by atoms with Crippen LogP contribution < -0.4 is 10.0 Å². The molecule has 32 heavy (non-hydrogen) atoms. The highest BCUT2D eigenvalue weighted by atomic mass is 35.5. The number of hydrogen-bond acceptors (Lipinski definition) is 3. The van der Waals surface area contributed by atoms with Crippen molar-refractivity contribution in [3.8, 4) is 0 Å². The van der Waals surface area contributed by atoms with Gasteiger partial charge >= 0.3 is 6.18 Å². The second-order valence-electron chi connectivity index (χ2n) is 6.40. The molecule has 168 valence electrons. The van der Waals surface area contributed by atoms with Crippen LogP contribution in [0.25, 0.3) is 0 Å². The second kappa shape index (κ2) is 8.97. The first-order valence-corrected chi connectivity index (χ1v) is 10.9. The minimum absolute atomic E-state index is 0.151. The van der Waals surface area contributed by atoms with E-state index in [4.69, 9.17) is 23.2 Å². The number of alkyl halides is 3. The number of carbonyl (C=O) groups is 1. The molecule has 2 N–H and O–H groups in total. The Morgan fingerprint density at radius 3 is 2.28 bits per heavy atom. The summed E-state index contributed by atoms with van der Waals surface area (Å²) in [5.41, 5.74) is -1.80. The Morgan fingerprint density at radius 2 is 1.66 bits per heavy atom. The third-order valence-corrected chi connectivity index (χ3v) is 6.05. The van der Waals surface area contributed by atoms with Crippen LogP contribution >= 0.6 is 23.2 Å². The summed E-state index contributed by atoms with van der Waals surface area (Å²) in [5, 5.41) is 1.97.